The van der Waals surface area contributed by atoms with Crippen molar-refractivity contribution >= 4 is 0 Å². The molecule has 4 aromatic rings. The standard InChI is InChI=1S/C22H17NO2/c1-3-9-17(10-4-1)20-13-7-8-14-21(20)24-15-19-16-25-22(23-19)18-11-5-2-6-12-18/h1-14,16H,15H2. The maximum atomic E-state index is 6.00. The fraction of sp³-hybridized carbons (Fsp3) is 0.0455. The minimum absolute atomic E-state index is 0.361. The van der Waals surface area contributed by atoms with E-state index < -0.39 is 0 Å². The van der Waals surface area contributed by atoms with Crippen molar-refractivity contribution in [2.75, 3.05) is 0 Å². The summed E-state index contributed by atoms with van der Waals surface area (Å²) in [5.41, 5.74) is 3.92. The molecule has 0 atom stereocenters. The second kappa shape index (κ2) is 7.05. The molecule has 0 fully saturated rings. The van der Waals surface area contributed by atoms with Crippen LogP contribution in [0.3, 0.4) is 0 Å². The van der Waals surface area contributed by atoms with Gasteiger partial charge < -0.3 is 9.15 Å². The summed E-state index contributed by atoms with van der Waals surface area (Å²) >= 11 is 0. The predicted molar refractivity (Wildman–Crippen MR) is 98.1 cm³/mol. The van der Waals surface area contributed by atoms with Crippen LogP contribution in [0.4, 0.5) is 0 Å². The smallest absolute Gasteiger partial charge is 0.226 e. The van der Waals surface area contributed by atoms with E-state index in [1.807, 2.05) is 66.7 Å². The van der Waals surface area contributed by atoms with Gasteiger partial charge >= 0.3 is 0 Å². The lowest BCUT2D eigenvalue weighted by Gasteiger charge is -2.10. The fourth-order valence-electron chi connectivity index (χ4n) is 2.69. The Bertz CT molecular complexity index is 946. The second-order valence-corrected chi connectivity index (χ2v) is 5.66. The van der Waals surface area contributed by atoms with Crippen molar-refractivity contribution in [3.8, 4) is 28.3 Å². The Morgan fingerprint density at radius 3 is 2.12 bits per heavy atom. The molecule has 3 aromatic carbocycles. The van der Waals surface area contributed by atoms with Gasteiger partial charge in [-0.3, -0.25) is 0 Å². The van der Waals surface area contributed by atoms with Crippen LogP contribution >= 0.6 is 0 Å². The van der Waals surface area contributed by atoms with Crippen LogP contribution in [0, 0.1) is 0 Å². The SMILES string of the molecule is c1ccc(-c2nc(COc3ccccc3-c3ccccc3)co2)cc1. The number of para-hydroxylation sites is 1. The highest BCUT2D eigenvalue weighted by molar-refractivity contribution is 5.70. The Hall–Kier alpha value is -3.33. The summed E-state index contributed by atoms with van der Waals surface area (Å²) in [4.78, 5) is 4.51. The van der Waals surface area contributed by atoms with Crippen LogP contribution in [-0.4, -0.2) is 4.98 Å². The van der Waals surface area contributed by atoms with Crippen molar-refractivity contribution in [1.82, 2.24) is 4.98 Å². The van der Waals surface area contributed by atoms with E-state index in [1.165, 1.54) is 0 Å². The number of benzene rings is 3. The average molecular weight is 327 g/mol. The number of rotatable bonds is 5. The molecule has 3 heteroatoms. The molecule has 0 amide bonds. The summed E-state index contributed by atoms with van der Waals surface area (Å²) in [6, 6.07) is 28.1. The summed E-state index contributed by atoms with van der Waals surface area (Å²) < 4.78 is 11.6. The van der Waals surface area contributed by atoms with Crippen LogP contribution in [0.15, 0.2) is 95.6 Å². The van der Waals surface area contributed by atoms with Crippen molar-refractivity contribution in [2.45, 2.75) is 6.61 Å². The molecule has 0 aliphatic carbocycles. The van der Waals surface area contributed by atoms with Gasteiger partial charge in [0, 0.05) is 11.1 Å². The van der Waals surface area contributed by atoms with E-state index in [1.54, 1.807) is 6.26 Å². The first-order valence-corrected chi connectivity index (χ1v) is 8.17. The molecule has 122 valence electrons. The molecule has 25 heavy (non-hydrogen) atoms. The number of hydrogen-bond donors (Lipinski definition) is 0. The van der Waals surface area contributed by atoms with Gasteiger partial charge in [0.2, 0.25) is 5.89 Å². The molecular weight excluding hydrogens is 310 g/mol. The molecule has 0 radical (unpaired) electrons. The molecule has 0 saturated heterocycles. The highest BCUT2D eigenvalue weighted by Gasteiger charge is 2.09. The van der Waals surface area contributed by atoms with Gasteiger partial charge in [-0.15, -0.1) is 0 Å². The van der Waals surface area contributed by atoms with Crippen LogP contribution in [0.5, 0.6) is 5.75 Å². The first-order valence-electron chi connectivity index (χ1n) is 8.17. The summed E-state index contributed by atoms with van der Waals surface area (Å²) in [5, 5.41) is 0. The second-order valence-electron chi connectivity index (χ2n) is 5.66. The third-order valence-corrected chi connectivity index (χ3v) is 3.92. The Kier molecular flexibility index (Phi) is 4.29. The minimum Gasteiger partial charge on any atom is -0.487 e. The third-order valence-electron chi connectivity index (χ3n) is 3.92. The van der Waals surface area contributed by atoms with Crippen LogP contribution in [0.25, 0.3) is 22.6 Å². The average Bonchev–Trinajstić information content (AvgIpc) is 3.17. The topological polar surface area (TPSA) is 35.3 Å². The van der Waals surface area contributed by atoms with Gasteiger partial charge in [-0.2, -0.15) is 0 Å². The number of oxazole rings is 1. The molecule has 1 aromatic heterocycles. The van der Waals surface area contributed by atoms with E-state index in [2.05, 4.69) is 23.2 Å². The lowest BCUT2D eigenvalue weighted by Crippen LogP contribution is -1.97. The maximum absolute atomic E-state index is 6.00. The van der Waals surface area contributed by atoms with Gasteiger partial charge in [0.05, 0.1) is 0 Å². The van der Waals surface area contributed by atoms with E-state index >= 15 is 0 Å². The first-order chi connectivity index (χ1) is 12.4. The van der Waals surface area contributed by atoms with Crippen LogP contribution in [-0.2, 0) is 6.61 Å². The van der Waals surface area contributed by atoms with Crippen molar-refractivity contribution < 1.29 is 9.15 Å². The van der Waals surface area contributed by atoms with Gasteiger partial charge in [-0.25, -0.2) is 4.98 Å². The molecule has 0 saturated carbocycles. The number of hydrogen-bond acceptors (Lipinski definition) is 3. The van der Waals surface area contributed by atoms with E-state index in [0.29, 0.717) is 12.5 Å². The minimum atomic E-state index is 0.361. The zero-order valence-electron chi connectivity index (χ0n) is 13.6. The van der Waals surface area contributed by atoms with Crippen LogP contribution in [0.2, 0.25) is 0 Å². The van der Waals surface area contributed by atoms with Crippen LogP contribution < -0.4 is 4.74 Å². The van der Waals surface area contributed by atoms with Gasteiger partial charge in [0.15, 0.2) is 0 Å². The zero-order valence-corrected chi connectivity index (χ0v) is 13.6. The van der Waals surface area contributed by atoms with E-state index in [-0.39, 0.29) is 0 Å². The molecule has 0 unspecified atom stereocenters. The summed E-state index contributed by atoms with van der Waals surface area (Å²) in [6.07, 6.45) is 1.65. The maximum Gasteiger partial charge on any atom is 0.226 e. The molecule has 0 spiro atoms. The Labute approximate surface area is 146 Å². The normalized spacial score (nSPS) is 10.6. The molecule has 0 aliphatic rings. The molecular formula is C22H17NO2. The van der Waals surface area contributed by atoms with Crippen molar-refractivity contribution in [1.29, 1.82) is 0 Å². The van der Waals surface area contributed by atoms with Crippen molar-refractivity contribution in [2.24, 2.45) is 0 Å². The Balaban J connectivity index is 1.52. The van der Waals surface area contributed by atoms with Gasteiger partial charge in [-0.05, 0) is 23.8 Å². The molecule has 0 bridgehead atoms. The predicted octanol–water partition coefficient (Wildman–Crippen LogP) is 5.59. The van der Waals surface area contributed by atoms with Gasteiger partial charge in [-0.1, -0.05) is 66.7 Å². The van der Waals surface area contributed by atoms with E-state index in [4.69, 9.17) is 9.15 Å². The lowest BCUT2D eigenvalue weighted by atomic mass is 10.1. The first kappa shape index (κ1) is 15.2. The van der Waals surface area contributed by atoms with E-state index in [9.17, 15) is 0 Å². The molecule has 1 heterocycles. The van der Waals surface area contributed by atoms with Gasteiger partial charge in [0.25, 0.3) is 0 Å². The fourth-order valence-corrected chi connectivity index (χ4v) is 2.69. The number of nitrogens with zero attached hydrogens (tertiary/aromatic N) is 1. The molecule has 0 aliphatic heterocycles. The third kappa shape index (κ3) is 3.45. The Morgan fingerprint density at radius 2 is 1.36 bits per heavy atom. The highest BCUT2D eigenvalue weighted by Crippen LogP contribution is 2.30. The number of ether oxygens (including phenoxy) is 1. The van der Waals surface area contributed by atoms with Crippen LogP contribution in [0.1, 0.15) is 5.69 Å². The molecule has 3 nitrogen and oxygen atoms in total. The largest absolute Gasteiger partial charge is 0.487 e. The van der Waals surface area contributed by atoms with Crippen molar-refractivity contribution in [3.63, 3.8) is 0 Å². The molecule has 4 rings (SSSR count). The van der Waals surface area contributed by atoms with Gasteiger partial charge in [0.1, 0.15) is 24.3 Å². The van der Waals surface area contributed by atoms with E-state index in [0.717, 1.165) is 28.1 Å². The lowest BCUT2D eigenvalue weighted by molar-refractivity contribution is 0.302. The summed E-state index contributed by atoms with van der Waals surface area (Å²) in [7, 11) is 0. The summed E-state index contributed by atoms with van der Waals surface area (Å²) in [6.45, 7) is 0.361. The Morgan fingerprint density at radius 1 is 0.720 bits per heavy atom. The monoisotopic (exact) mass is 327 g/mol. The summed E-state index contributed by atoms with van der Waals surface area (Å²) in [5.74, 6) is 1.44. The quantitative estimate of drug-likeness (QED) is 0.479. The highest BCUT2D eigenvalue weighted by atomic mass is 16.5. The zero-order chi connectivity index (χ0) is 16.9. The number of aromatic nitrogens is 1. The van der Waals surface area contributed by atoms with Crippen molar-refractivity contribution in [3.05, 3.63) is 96.9 Å². The molecule has 0 N–H and O–H groups in total.